The van der Waals surface area contributed by atoms with Crippen LogP contribution in [0.5, 0.6) is 0 Å². The van der Waals surface area contributed by atoms with Gasteiger partial charge < -0.3 is 9.67 Å². The maximum atomic E-state index is 9.17. The van der Waals surface area contributed by atoms with E-state index >= 15 is 0 Å². The van der Waals surface area contributed by atoms with E-state index in [0.717, 1.165) is 19.4 Å². The number of fused-ring (bicyclic) bond motifs is 1. The minimum Gasteiger partial charge on any atom is -0.396 e. The number of nitrogens with zero attached hydrogens (tertiary/aromatic N) is 1. The number of aromatic nitrogens is 1. The summed E-state index contributed by atoms with van der Waals surface area (Å²) in [7, 11) is 0. The predicted octanol–water partition coefficient (Wildman–Crippen LogP) is 2.31. The highest BCUT2D eigenvalue weighted by Crippen LogP contribution is 2.39. The summed E-state index contributed by atoms with van der Waals surface area (Å²) in [6.07, 6.45) is 6.69. The lowest BCUT2D eigenvalue weighted by molar-refractivity contribution is 0.200. The van der Waals surface area contributed by atoms with Gasteiger partial charge in [-0.1, -0.05) is 6.92 Å². The van der Waals surface area contributed by atoms with E-state index in [1.165, 1.54) is 18.5 Å². The first kappa shape index (κ1) is 9.78. The van der Waals surface area contributed by atoms with Crippen molar-refractivity contribution in [3.63, 3.8) is 0 Å². The summed E-state index contributed by atoms with van der Waals surface area (Å²) in [5.41, 5.74) is 1.68. The van der Waals surface area contributed by atoms with Gasteiger partial charge in [0.25, 0.3) is 0 Å². The lowest BCUT2D eigenvalue weighted by Gasteiger charge is -2.37. The Bertz CT molecular complexity index is 305. The molecule has 14 heavy (non-hydrogen) atoms. The zero-order valence-corrected chi connectivity index (χ0v) is 8.87. The summed E-state index contributed by atoms with van der Waals surface area (Å²) in [5.74, 6) is 0. The predicted molar refractivity (Wildman–Crippen MR) is 57.3 cm³/mol. The van der Waals surface area contributed by atoms with E-state index in [4.69, 9.17) is 5.11 Å². The summed E-state index contributed by atoms with van der Waals surface area (Å²) in [5, 5.41) is 9.17. The lowest BCUT2D eigenvalue weighted by atomic mass is 9.73. The third-order valence-electron chi connectivity index (χ3n) is 3.69. The number of aryl methyl sites for hydroxylation is 1. The summed E-state index contributed by atoms with van der Waals surface area (Å²) in [4.78, 5) is 0. The number of rotatable bonds is 3. The molecule has 0 aromatic carbocycles. The molecule has 2 heterocycles. The first-order valence-corrected chi connectivity index (χ1v) is 5.59. The van der Waals surface area contributed by atoms with Gasteiger partial charge in [-0.2, -0.15) is 0 Å². The van der Waals surface area contributed by atoms with E-state index in [1.54, 1.807) is 0 Å². The van der Waals surface area contributed by atoms with Gasteiger partial charge in [0.1, 0.15) is 0 Å². The Kier molecular flexibility index (Phi) is 2.64. The molecule has 1 aliphatic rings. The molecule has 0 unspecified atom stereocenters. The van der Waals surface area contributed by atoms with E-state index in [-0.39, 0.29) is 5.41 Å². The minimum absolute atomic E-state index is 0.247. The van der Waals surface area contributed by atoms with Crippen LogP contribution in [0, 0.1) is 0 Å². The maximum absolute atomic E-state index is 9.17. The molecule has 0 aliphatic carbocycles. The molecule has 0 radical (unpaired) electrons. The molecule has 2 heteroatoms. The highest BCUT2D eigenvalue weighted by atomic mass is 16.3. The van der Waals surface area contributed by atoms with Gasteiger partial charge in [-0.15, -0.1) is 0 Å². The van der Waals surface area contributed by atoms with E-state index in [2.05, 4.69) is 29.8 Å². The van der Waals surface area contributed by atoms with Gasteiger partial charge in [0.15, 0.2) is 0 Å². The molecule has 0 amide bonds. The van der Waals surface area contributed by atoms with Gasteiger partial charge in [0.05, 0.1) is 0 Å². The van der Waals surface area contributed by atoms with Crippen molar-refractivity contribution in [1.29, 1.82) is 0 Å². The van der Waals surface area contributed by atoms with Crippen LogP contribution in [0.15, 0.2) is 18.3 Å². The number of aliphatic hydroxyl groups is 1. The molecule has 1 aliphatic heterocycles. The van der Waals surface area contributed by atoms with E-state index in [9.17, 15) is 0 Å². The Hall–Kier alpha value is -0.760. The summed E-state index contributed by atoms with van der Waals surface area (Å²) < 4.78 is 2.35. The minimum atomic E-state index is 0.247. The summed E-state index contributed by atoms with van der Waals surface area (Å²) in [6.45, 7) is 3.69. The largest absolute Gasteiger partial charge is 0.396 e. The van der Waals surface area contributed by atoms with Crippen molar-refractivity contribution in [3.8, 4) is 0 Å². The second kappa shape index (κ2) is 3.77. The smallest absolute Gasteiger partial charge is 0.0440 e. The van der Waals surface area contributed by atoms with Gasteiger partial charge >= 0.3 is 0 Å². The van der Waals surface area contributed by atoms with Crippen LogP contribution in [0.2, 0.25) is 0 Å². The first-order chi connectivity index (χ1) is 6.82. The van der Waals surface area contributed by atoms with Crippen LogP contribution in [0.4, 0.5) is 0 Å². The zero-order chi connectivity index (χ0) is 10.0. The van der Waals surface area contributed by atoms with Crippen molar-refractivity contribution in [2.24, 2.45) is 0 Å². The van der Waals surface area contributed by atoms with Gasteiger partial charge in [-0.3, -0.25) is 0 Å². The molecule has 1 aromatic rings. The molecule has 2 nitrogen and oxygen atoms in total. The highest BCUT2D eigenvalue weighted by molar-refractivity contribution is 5.21. The van der Waals surface area contributed by atoms with Gasteiger partial charge in [-0.25, -0.2) is 0 Å². The van der Waals surface area contributed by atoms with Crippen molar-refractivity contribution >= 4 is 0 Å². The monoisotopic (exact) mass is 193 g/mol. The molecular weight excluding hydrogens is 174 g/mol. The molecular formula is C12H19NO. The topological polar surface area (TPSA) is 25.2 Å². The summed E-state index contributed by atoms with van der Waals surface area (Å²) >= 11 is 0. The van der Waals surface area contributed by atoms with Gasteiger partial charge in [-0.05, 0) is 37.8 Å². The van der Waals surface area contributed by atoms with Crippen molar-refractivity contribution in [2.45, 2.75) is 44.6 Å². The average Bonchev–Trinajstić information content (AvgIpc) is 2.67. The van der Waals surface area contributed by atoms with Crippen LogP contribution in [-0.2, 0) is 12.0 Å². The zero-order valence-electron chi connectivity index (χ0n) is 8.87. The third-order valence-corrected chi connectivity index (χ3v) is 3.69. The van der Waals surface area contributed by atoms with Gasteiger partial charge in [0.2, 0.25) is 0 Å². The number of hydrogen-bond acceptors (Lipinski definition) is 1. The standard InChI is InChI=1S/C12H19NO/c1-2-12(7-10-14)6-4-9-13-8-3-5-11(12)13/h3,5,8,14H,2,4,6-7,9-10H2,1H3/t12-/m0/s1. The van der Waals surface area contributed by atoms with Crippen LogP contribution in [0.1, 0.15) is 38.3 Å². The quantitative estimate of drug-likeness (QED) is 0.783. The normalized spacial score (nSPS) is 26.1. The molecule has 0 bridgehead atoms. The molecule has 0 fully saturated rings. The molecule has 2 rings (SSSR count). The van der Waals surface area contributed by atoms with Crippen molar-refractivity contribution in [2.75, 3.05) is 6.61 Å². The van der Waals surface area contributed by atoms with Crippen LogP contribution in [0.25, 0.3) is 0 Å². The molecule has 1 atom stereocenters. The molecule has 1 aromatic heterocycles. The van der Waals surface area contributed by atoms with E-state index in [1.807, 2.05) is 0 Å². The molecule has 78 valence electrons. The number of hydrogen-bond donors (Lipinski definition) is 1. The average molecular weight is 193 g/mol. The van der Waals surface area contributed by atoms with Crippen LogP contribution in [0.3, 0.4) is 0 Å². The first-order valence-electron chi connectivity index (χ1n) is 5.59. The van der Waals surface area contributed by atoms with Crippen LogP contribution >= 0.6 is 0 Å². The second-order valence-corrected chi connectivity index (χ2v) is 4.30. The Morgan fingerprint density at radius 3 is 3.14 bits per heavy atom. The Morgan fingerprint density at radius 2 is 2.43 bits per heavy atom. The highest BCUT2D eigenvalue weighted by Gasteiger charge is 2.34. The molecule has 0 spiro atoms. The Morgan fingerprint density at radius 1 is 1.57 bits per heavy atom. The van der Waals surface area contributed by atoms with Crippen LogP contribution in [-0.4, -0.2) is 16.3 Å². The number of aliphatic hydroxyl groups excluding tert-OH is 1. The fourth-order valence-electron chi connectivity index (χ4n) is 2.81. The van der Waals surface area contributed by atoms with Crippen LogP contribution < -0.4 is 0 Å². The Balaban J connectivity index is 2.36. The maximum Gasteiger partial charge on any atom is 0.0440 e. The summed E-state index contributed by atoms with van der Waals surface area (Å²) in [6, 6.07) is 4.35. The fraction of sp³-hybridized carbons (Fsp3) is 0.667. The lowest BCUT2D eigenvalue weighted by Crippen LogP contribution is -2.33. The third kappa shape index (κ3) is 1.38. The SMILES string of the molecule is CC[C@@]1(CCO)CCCn2cccc21. The Labute approximate surface area is 85.6 Å². The van der Waals surface area contributed by atoms with Gasteiger partial charge in [0, 0.05) is 30.5 Å². The molecule has 0 saturated carbocycles. The van der Waals surface area contributed by atoms with Crippen molar-refractivity contribution < 1.29 is 5.11 Å². The fourth-order valence-corrected chi connectivity index (χ4v) is 2.81. The van der Waals surface area contributed by atoms with E-state index < -0.39 is 0 Å². The second-order valence-electron chi connectivity index (χ2n) is 4.30. The van der Waals surface area contributed by atoms with Crippen molar-refractivity contribution in [3.05, 3.63) is 24.0 Å². The molecule has 1 N–H and O–H groups in total. The van der Waals surface area contributed by atoms with E-state index in [0.29, 0.717) is 6.61 Å². The van der Waals surface area contributed by atoms with Crippen molar-refractivity contribution in [1.82, 2.24) is 4.57 Å². The molecule has 0 saturated heterocycles.